The molecule has 0 bridgehead atoms. The molecule has 39 heavy (non-hydrogen) atoms. The summed E-state index contributed by atoms with van der Waals surface area (Å²) >= 11 is 0. The Morgan fingerprint density at radius 1 is 0.641 bits per heavy atom. The topological polar surface area (TPSA) is 89.8 Å². The largest absolute Gasteiger partial charge is 0.394 e. The van der Waals surface area contributed by atoms with Crippen molar-refractivity contribution in [3.8, 4) is 0 Å². The molecule has 0 fully saturated rings. The average molecular weight is 550 g/mol. The van der Waals surface area contributed by atoms with Crippen molar-refractivity contribution >= 4 is 5.91 Å². The summed E-state index contributed by atoms with van der Waals surface area (Å²) in [4.78, 5) is 12.3. The fourth-order valence-electron chi connectivity index (χ4n) is 4.58. The highest BCUT2D eigenvalue weighted by molar-refractivity contribution is 5.80. The summed E-state index contributed by atoms with van der Waals surface area (Å²) in [7, 11) is 0. The Bertz CT molecular complexity index is 616. The van der Waals surface area contributed by atoms with Crippen LogP contribution in [0, 0.1) is 0 Å². The molecule has 0 rings (SSSR count). The lowest BCUT2D eigenvalue weighted by Gasteiger charge is -2.21. The zero-order valence-electron chi connectivity index (χ0n) is 25.5. The van der Waals surface area contributed by atoms with Gasteiger partial charge in [-0.1, -0.05) is 140 Å². The Morgan fingerprint density at radius 2 is 1.08 bits per heavy atom. The second-order valence-electron chi connectivity index (χ2n) is 11.0. The predicted octanol–water partition coefficient (Wildman–Crippen LogP) is 8.09. The minimum absolute atomic E-state index is 0.370. The fourth-order valence-corrected chi connectivity index (χ4v) is 4.58. The van der Waals surface area contributed by atoms with Crippen LogP contribution >= 0.6 is 0 Å². The maximum atomic E-state index is 12.3. The van der Waals surface area contributed by atoms with Crippen molar-refractivity contribution in [1.29, 1.82) is 0 Å². The van der Waals surface area contributed by atoms with Crippen LogP contribution in [0.1, 0.15) is 149 Å². The molecular weight excluding hydrogens is 486 g/mol. The van der Waals surface area contributed by atoms with Gasteiger partial charge in [-0.3, -0.25) is 4.79 Å². The van der Waals surface area contributed by atoms with Gasteiger partial charge in [0.15, 0.2) is 0 Å². The van der Waals surface area contributed by atoms with E-state index >= 15 is 0 Å². The van der Waals surface area contributed by atoms with Gasteiger partial charge in [0, 0.05) is 0 Å². The van der Waals surface area contributed by atoms with Crippen LogP contribution in [0.2, 0.25) is 0 Å². The average Bonchev–Trinajstić information content (AvgIpc) is 2.94. The van der Waals surface area contributed by atoms with Crippen molar-refractivity contribution in [3.63, 3.8) is 0 Å². The molecular formula is C34H63NO4. The van der Waals surface area contributed by atoms with E-state index in [0.717, 1.165) is 51.4 Å². The molecule has 5 heteroatoms. The van der Waals surface area contributed by atoms with Crippen molar-refractivity contribution in [1.82, 2.24) is 5.32 Å². The molecule has 0 aromatic carbocycles. The number of hydrogen-bond acceptors (Lipinski definition) is 4. The number of carbonyl (C=O) groups is 1. The molecule has 0 saturated carbocycles. The van der Waals surface area contributed by atoms with E-state index in [-0.39, 0.29) is 6.61 Å². The van der Waals surface area contributed by atoms with Crippen LogP contribution in [0.15, 0.2) is 36.5 Å². The minimum atomic E-state index is -1.11. The van der Waals surface area contributed by atoms with Gasteiger partial charge in [0.2, 0.25) is 5.91 Å². The Hall–Kier alpha value is -1.43. The lowest BCUT2D eigenvalue weighted by molar-refractivity contribution is -0.131. The van der Waals surface area contributed by atoms with Gasteiger partial charge in [-0.2, -0.15) is 0 Å². The van der Waals surface area contributed by atoms with Crippen molar-refractivity contribution < 1.29 is 20.1 Å². The third-order valence-corrected chi connectivity index (χ3v) is 7.25. The second kappa shape index (κ2) is 29.6. The number of nitrogens with one attached hydrogen (secondary N) is 1. The first-order valence-corrected chi connectivity index (χ1v) is 16.3. The molecule has 0 aliphatic rings. The maximum Gasteiger partial charge on any atom is 0.249 e. The summed E-state index contributed by atoms with van der Waals surface area (Å²) in [6, 6.07) is -0.800. The van der Waals surface area contributed by atoms with Crippen LogP contribution in [-0.2, 0) is 4.79 Å². The number of aliphatic hydroxyl groups is 3. The molecule has 0 saturated heterocycles. The number of allylic oxidation sites excluding steroid dienone is 5. The van der Waals surface area contributed by atoms with Crippen LogP contribution < -0.4 is 5.32 Å². The monoisotopic (exact) mass is 549 g/mol. The molecule has 3 atom stereocenters. The number of hydrogen-bond donors (Lipinski definition) is 4. The summed E-state index contributed by atoms with van der Waals surface area (Å²) in [5, 5.41) is 32.8. The van der Waals surface area contributed by atoms with Crippen LogP contribution in [0.3, 0.4) is 0 Å². The van der Waals surface area contributed by atoms with Crippen molar-refractivity contribution in [2.45, 2.75) is 167 Å². The molecule has 4 N–H and O–H groups in total. The van der Waals surface area contributed by atoms with Gasteiger partial charge in [-0.15, -0.1) is 0 Å². The Morgan fingerprint density at radius 3 is 1.62 bits per heavy atom. The Kier molecular flexibility index (Phi) is 28.5. The fraction of sp³-hybridized carbons (Fsp3) is 0.794. The normalized spacial score (nSPS) is 14.5. The molecule has 5 nitrogen and oxygen atoms in total. The molecule has 0 aliphatic carbocycles. The summed E-state index contributed by atoms with van der Waals surface area (Å²) in [5.74, 6) is -0.520. The highest BCUT2D eigenvalue weighted by Gasteiger charge is 2.22. The van der Waals surface area contributed by atoms with E-state index < -0.39 is 24.2 Å². The smallest absolute Gasteiger partial charge is 0.249 e. The zero-order chi connectivity index (χ0) is 28.8. The van der Waals surface area contributed by atoms with Gasteiger partial charge < -0.3 is 20.6 Å². The number of rotatable bonds is 28. The Balaban J connectivity index is 3.86. The highest BCUT2D eigenvalue weighted by Crippen LogP contribution is 2.12. The first-order valence-electron chi connectivity index (χ1n) is 16.3. The van der Waals surface area contributed by atoms with Gasteiger partial charge in [-0.25, -0.2) is 0 Å². The zero-order valence-corrected chi connectivity index (χ0v) is 25.5. The quantitative estimate of drug-likeness (QED) is 0.0451. The molecule has 0 aromatic heterocycles. The summed E-state index contributed by atoms with van der Waals surface area (Å²) in [6.07, 6.45) is 34.3. The van der Waals surface area contributed by atoms with E-state index in [4.69, 9.17) is 0 Å². The summed E-state index contributed by atoms with van der Waals surface area (Å²) in [5.41, 5.74) is 0. The minimum Gasteiger partial charge on any atom is -0.394 e. The van der Waals surface area contributed by atoms with Crippen molar-refractivity contribution in [3.05, 3.63) is 36.5 Å². The van der Waals surface area contributed by atoms with Gasteiger partial charge >= 0.3 is 0 Å². The Labute approximate surface area is 241 Å². The first-order chi connectivity index (χ1) is 19.1. The third kappa shape index (κ3) is 25.3. The van der Waals surface area contributed by atoms with Crippen LogP contribution in [0.5, 0.6) is 0 Å². The highest BCUT2D eigenvalue weighted by atomic mass is 16.3. The molecule has 3 unspecified atom stereocenters. The number of amides is 1. The summed E-state index contributed by atoms with van der Waals surface area (Å²) < 4.78 is 0. The van der Waals surface area contributed by atoms with Gasteiger partial charge in [0.25, 0.3) is 0 Å². The number of unbranched alkanes of at least 4 members (excludes halogenated alkanes) is 17. The molecule has 228 valence electrons. The van der Waals surface area contributed by atoms with Gasteiger partial charge in [0.1, 0.15) is 6.10 Å². The van der Waals surface area contributed by atoms with Gasteiger partial charge in [0.05, 0.1) is 18.8 Å². The first kappa shape index (κ1) is 37.6. The van der Waals surface area contributed by atoms with Crippen LogP contribution in [0.4, 0.5) is 0 Å². The third-order valence-electron chi connectivity index (χ3n) is 7.25. The van der Waals surface area contributed by atoms with Gasteiger partial charge in [-0.05, 0) is 44.9 Å². The van der Waals surface area contributed by atoms with E-state index in [2.05, 4.69) is 43.5 Å². The van der Waals surface area contributed by atoms with E-state index in [1.165, 1.54) is 77.0 Å². The van der Waals surface area contributed by atoms with Crippen LogP contribution in [0.25, 0.3) is 0 Å². The summed E-state index contributed by atoms with van der Waals surface area (Å²) in [6.45, 7) is 4.09. The predicted molar refractivity (Wildman–Crippen MR) is 167 cm³/mol. The SMILES string of the molecule is CCCCC/C=C\C=C/CCCCCCCC(O)C(=O)NC(CO)C(O)/C=C/CCCCCCCCCCC. The number of carbonyl (C=O) groups excluding carboxylic acids is 1. The molecule has 0 aromatic rings. The molecule has 0 radical (unpaired) electrons. The maximum absolute atomic E-state index is 12.3. The van der Waals surface area contributed by atoms with E-state index in [1.807, 2.05) is 6.08 Å². The number of aliphatic hydroxyl groups excluding tert-OH is 3. The van der Waals surface area contributed by atoms with E-state index in [9.17, 15) is 20.1 Å². The van der Waals surface area contributed by atoms with Crippen molar-refractivity contribution in [2.75, 3.05) is 6.61 Å². The van der Waals surface area contributed by atoms with E-state index in [0.29, 0.717) is 6.42 Å². The van der Waals surface area contributed by atoms with E-state index in [1.54, 1.807) is 6.08 Å². The molecule has 1 amide bonds. The molecule has 0 spiro atoms. The second-order valence-corrected chi connectivity index (χ2v) is 11.0. The molecule has 0 aliphatic heterocycles. The van der Waals surface area contributed by atoms with Crippen LogP contribution in [-0.4, -0.2) is 46.1 Å². The lowest BCUT2D eigenvalue weighted by atomic mass is 10.0. The lowest BCUT2D eigenvalue weighted by Crippen LogP contribution is -2.48. The van der Waals surface area contributed by atoms with Crippen molar-refractivity contribution in [2.24, 2.45) is 0 Å². The molecule has 0 heterocycles. The standard InChI is InChI=1S/C34H63NO4/c1-3-5-7-9-11-13-15-16-17-19-21-23-25-27-29-33(38)34(39)35-31(30-36)32(37)28-26-24-22-20-18-14-12-10-8-6-4-2/h11,13,15-16,26,28,31-33,36-38H,3-10,12,14,17-25,27,29-30H2,1-2H3,(H,35,39)/b13-11-,16-15-,28-26+.